The number of hydrogen-bond acceptors (Lipinski definition) is 3. The molecule has 2 N–H and O–H groups in total. The van der Waals surface area contributed by atoms with Gasteiger partial charge < -0.3 is 15.5 Å². The predicted molar refractivity (Wildman–Crippen MR) is 104 cm³/mol. The number of carbonyl (C=O) groups excluding carboxylic acids is 3. The summed E-state index contributed by atoms with van der Waals surface area (Å²) < 4.78 is 0. The minimum absolute atomic E-state index is 0.00216. The summed E-state index contributed by atoms with van der Waals surface area (Å²) in [6, 6.07) is 14.9. The van der Waals surface area contributed by atoms with E-state index in [-0.39, 0.29) is 30.1 Å². The number of aryl methyl sites for hydroxylation is 1. The molecule has 2 aromatic rings. The molecule has 27 heavy (non-hydrogen) atoms. The van der Waals surface area contributed by atoms with Crippen LogP contribution in [0.4, 0.5) is 11.4 Å². The molecule has 1 unspecified atom stereocenters. The highest BCUT2D eigenvalue weighted by molar-refractivity contribution is 5.97. The molecule has 3 rings (SSSR count). The van der Waals surface area contributed by atoms with Crippen molar-refractivity contribution in [1.29, 1.82) is 0 Å². The maximum absolute atomic E-state index is 12.5. The minimum Gasteiger partial charge on any atom is -0.338 e. The molecule has 6 nitrogen and oxygen atoms in total. The molecule has 1 heterocycles. The summed E-state index contributed by atoms with van der Waals surface area (Å²) in [6.07, 6.45) is 0.224. The highest BCUT2D eigenvalue weighted by Gasteiger charge is 2.34. The van der Waals surface area contributed by atoms with E-state index in [1.54, 1.807) is 29.2 Å². The van der Waals surface area contributed by atoms with E-state index in [4.69, 9.17) is 0 Å². The molecule has 1 saturated heterocycles. The molecule has 0 aliphatic carbocycles. The largest absolute Gasteiger partial charge is 0.338 e. The van der Waals surface area contributed by atoms with E-state index in [1.807, 2.05) is 25.1 Å². The van der Waals surface area contributed by atoms with Crippen molar-refractivity contribution in [3.05, 3.63) is 59.7 Å². The van der Waals surface area contributed by atoms with E-state index in [0.29, 0.717) is 24.5 Å². The Kier molecular flexibility index (Phi) is 5.54. The van der Waals surface area contributed by atoms with Crippen LogP contribution in [-0.2, 0) is 20.9 Å². The number of nitrogens with one attached hydrogen (secondary N) is 2. The molecule has 0 radical (unpaired) electrons. The lowest BCUT2D eigenvalue weighted by molar-refractivity contribution is -0.128. The average molecular weight is 365 g/mol. The lowest BCUT2D eigenvalue weighted by atomic mass is 10.1. The third kappa shape index (κ3) is 4.94. The number of rotatable bonds is 5. The fourth-order valence-electron chi connectivity index (χ4n) is 3.22. The van der Waals surface area contributed by atoms with Crippen LogP contribution in [-0.4, -0.2) is 29.2 Å². The minimum atomic E-state index is -0.364. The molecular formula is C21H23N3O3. The van der Waals surface area contributed by atoms with Gasteiger partial charge in [0.15, 0.2) is 0 Å². The summed E-state index contributed by atoms with van der Waals surface area (Å²) >= 11 is 0. The van der Waals surface area contributed by atoms with E-state index < -0.39 is 0 Å². The molecule has 0 bridgehead atoms. The van der Waals surface area contributed by atoms with Gasteiger partial charge in [-0.25, -0.2) is 0 Å². The Balaban J connectivity index is 1.58. The van der Waals surface area contributed by atoms with Crippen LogP contribution in [0.15, 0.2) is 48.5 Å². The second-order valence-electron chi connectivity index (χ2n) is 6.91. The molecule has 6 heteroatoms. The van der Waals surface area contributed by atoms with Crippen LogP contribution in [0.5, 0.6) is 0 Å². The van der Waals surface area contributed by atoms with Crippen molar-refractivity contribution in [1.82, 2.24) is 4.90 Å². The van der Waals surface area contributed by atoms with Gasteiger partial charge in [0.2, 0.25) is 17.7 Å². The summed E-state index contributed by atoms with van der Waals surface area (Å²) in [5, 5.41) is 5.52. The number of benzene rings is 2. The van der Waals surface area contributed by atoms with Gasteiger partial charge in [0.1, 0.15) is 0 Å². The zero-order chi connectivity index (χ0) is 19.4. The molecular weight excluding hydrogens is 342 g/mol. The second kappa shape index (κ2) is 8.03. The quantitative estimate of drug-likeness (QED) is 0.855. The van der Waals surface area contributed by atoms with Crippen molar-refractivity contribution < 1.29 is 14.4 Å². The molecule has 0 aromatic heterocycles. The Morgan fingerprint density at radius 3 is 2.37 bits per heavy atom. The Morgan fingerprint density at radius 2 is 1.74 bits per heavy atom. The van der Waals surface area contributed by atoms with Crippen molar-refractivity contribution >= 4 is 29.1 Å². The van der Waals surface area contributed by atoms with E-state index in [9.17, 15) is 14.4 Å². The first-order valence-electron chi connectivity index (χ1n) is 8.92. The summed E-state index contributed by atoms with van der Waals surface area (Å²) in [6.45, 7) is 4.40. The maximum atomic E-state index is 12.5. The van der Waals surface area contributed by atoms with Crippen molar-refractivity contribution in [2.24, 2.45) is 5.92 Å². The fourth-order valence-corrected chi connectivity index (χ4v) is 3.22. The summed E-state index contributed by atoms with van der Waals surface area (Å²) in [5.74, 6) is -0.678. The Bertz CT molecular complexity index is 861. The number of amides is 3. The molecule has 1 aliphatic rings. The molecule has 1 atom stereocenters. The van der Waals surface area contributed by atoms with E-state index in [0.717, 1.165) is 11.1 Å². The number of carbonyl (C=O) groups is 3. The molecule has 2 aromatic carbocycles. The van der Waals surface area contributed by atoms with Crippen LogP contribution in [0.3, 0.4) is 0 Å². The van der Waals surface area contributed by atoms with E-state index in [2.05, 4.69) is 16.7 Å². The smallest absolute Gasteiger partial charge is 0.229 e. The van der Waals surface area contributed by atoms with Gasteiger partial charge in [-0.1, -0.05) is 29.8 Å². The molecule has 140 valence electrons. The number of anilines is 2. The molecule has 0 spiro atoms. The third-order valence-corrected chi connectivity index (χ3v) is 4.51. The second-order valence-corrected chi connectivity index (χ2v) is 6.91. The van der Waals surface area contributed by atoms with E-state index >= 15 is 0 Å². The average Bonchev–Trinajstić information content (AvgIpc) is 2.97. The van der Waals surface area contributed by atoms with Gasteiger partial charge in [0, 0.05) is 37.8 Å². The van der Waals surface area contributed by atoms with Gasteiger partial charge >= 0.3 is 0 Å². The molecule has 0 saturated carbocycles. The normalized spacial score (nSPS) is 16.3. The van der Waals surface area contributed by atoms with E-state index in [1.165, 1.54) is 6.92 Å². The maximum Gasteiger partial charge on any atom is 0.229 e. The number of likely N-dealkylation sites (tertiary alicyclic amines) is 1. The van der Waals surface area contributed by atoms with Crippen LogP contribution in [0.25, 0.3) is 0 Å². The van der Waals surface area contributed by atoms with Crippen LogP contribution < -0.4 is 10.6 Å². The van der Waals surface area contributed by atoms with Crippen molar-refractivity contribution in [3.8, 4) is 0 Å². The number of hydrogen-bond donors (Lipinski definition) is 2. The standard InChI is InChI=1S/C21H23N3O3/c1-14-4-3-5-16(10-14)12-24-13-17(11-20(24)26)21(27)23-19-8-6-18(7-9-19)22-15(2)25/h3-10,17H,11-13H2,1-2H3,(H,22,25)(H,23,27). The summed E-state index contributed by atoms with van der Waals surface area (Å²) in [4.78, 5) is 37.6. The first-order valence-corrected chi connectivity index (χ1v) is 8.92. The SMILES string of the molecule is CC(=O)Nc1ccc(NC(=O)C2CC(=O)N(Cc3cccc(C)c3)C2)cc1. The third-order valence-electron chi connectivity index (χ3n) is 4.51. The lowest BCUT2D eigenvalue weighted by Crippen LogP contribution is -2.28. The highest BCUT2D eigenvalue weighted by Crippen LogP contribution is 2.23. The van der Waals surface area contributed by atoms with Crippen LogP contribution >= 0.6 is 0 Å². The zero-order valence-electron chi connectivity index (χ0n) is 15.5. The zero-order valence-corrected chi connectivity index (χ0v) is 15.5. The van der Waals surface area contributed by atoms with Gasteiger partial charge in [-0.15, -0.1) is 0 Å². The molecule has 1 aliphatic heterocycles. The summed E-state index contributed by atoms with van der Waals surface area (Å²) in [7, 11) is 0. The van der Waals surface area contributed by atoms with Gasteiger partial charge in [0.25, 0.3) is 0 Å². The Morgan fingerprint density at radius 1 is 1.07 bits per heavy atom. The molecule has 3 amide bonds. The first kappa shape index (κ1) is 18.6. The van der Waals surface area contributed by atoms with Gasteiger partial charge in [0.05, 0.1) is 5.92 Å². The summed E-state index contributed by atoms with van der Waals surface area (Å²) in [5.41, 5.74) is 3.52. The van der Waals surface area contributed by atoms with Gasteiger partial charge in [-0.3, -0.25) is 14.4 Å². The van der Waals surface area contributed by atoms with Crippen molar-refractivity contribution in [3.63, 3.8) is 0 Å². The lowest BCUT2D eigenvalue weighted by Gasteiger charge is -2.17. The topological polar surface area (TPSA) is 78.5 Å². The highest BCUT2D eigenvalue weighted by atomic mass is 16.2. The first-order chi connectivity index (χ1) is 12.9. The van der Waals surface area contributed by atoms with Crippen LogP contribution in [0.1, 0.15) is 24.5 Å². The fraction of sp³-hybridized carbons (Fsp3) is 0.286. The van der Waals surface area contributed by atoms with Crippen LogP contribution in [0.2, 0.25) is 0 Å². The van der Waals surface area contributed by atoms with Crippen molar-refractivity contribution in [2.75, 3.05) is 17.2 Å². The predicted octanol–water partition coefficient (Wildman–Crippen LogP) is 2.94. The molecule has 1 fully saturated rings. The number of nitrogens with zero attached hydrogens (tertiary/aromatic N) is 1. The monoisotopic (exact) mass is 365 g/mol. The van der Waals surface area contributed by atoms with Gasteiger partial charge in [-0.05, 0) is 36.8 Å². The Labute approximate surface area is 158 Å². The van der Waals surface area contributed by atoms with Crippen LogP contribution in [0, 0.1) is 12.8 Å². The Hall–Kier alpha value is -3.15. The van der Waals surface area contributed by atoms with Gasteiger partial charge in [-0.2, -0.15) is 0 Å². The van der Waals surface area contributed by atoms with Crippen molar-refractivity contribution in [2.45, 2.75) is 26.8 Å².